The molecule has 0 saturated heterocycles. The van der Waals surface area contributed by atoms with Gasteiger partial charge in [0.05, 0.1) is 0 Å². The first-order valence-corrected chi connectivity index (χ1v) is 9.16. The number of thioether (sulfide) groups is 1. The predicted molar refractivity (Wildman–Crippen MR) is 93.7 cm³/mol. The van der Waals surface area contributed by atoms with Gasteiger partial charge in [-0.05, 0) is 31.9 Å². The highest BCUT2D eigenvalue weighted by Crippen LogP contribution is 2.33. The molecule has 1 aliphatic carbocycles. The van der Waals surface area contributed by atoms with Crippen molar-refractivity contribution in [3.05, 3.63) is 16.5 Å². The molecule has 21 heavy (non-hydrogen) atoms. The van der Waals surface area contributed by atoms with Gasteiger partial charge in [-0.15, -0.1) is 0 Å². The minimum Gasteiger partial charge on any atom is -0.367 e. The summed E-state index contributed by atoms with van der Waals surface area (Å²) in [6.07, 6.45) is 3.72. The fourth-order valence-corrected chi connectivity index (χ4v) is 3.93. The fraction of sp³-hybridized carbons (Fsp3) is 0.750. The van der Waals surface area contributed by atoms with Crippen LogP contribution in [0, 0.1) is 6.92 Å². The molecular formula is C16H26ClN3S. The molecule has 2 atom stereocenters. The maximum atomic E-state index is 6.29. The maximum Gasteiger partial charge on any atom is 0.137 e. The molecule has 3 nitrogen and oxygen atoms in total. The van der Waals surface area contributed by atoms with Crippen LogP contribution in [0.4, 0.5) is 5.82 Å². The molecule has 118 valence electrons. The normalized spacial score (nSPS) is 22.6. The number of hydrogen-bond donors (Lipinski definition) is 1. The molecule has 2 unspecified atom stereocenters. The highest BCUT2D eigenvalue weighted by atomic mass is 35.5. The van der Waals surface area contributed by atoms with Crippen LogP contribution < -0.4 is 5.32 Å². The van der Waals surface area contributed by atoms with Crippen LogP contribution in [0.3, 0.4) is 0 Å². The summed E-state index contributed by atoms with van der Waals surface area (Å²) in [5, 5.41) is 4.95. The van der Waals surface area contributed by atoms with Crippen molar-refractivity contribution in [2.75, 3.05) is 11.1 Å². The van der Waals surface area contributed by atoms with Crippen molar-refractivity contribution in [3.8, 4) is 0 Å². The van der Waals surface area contributed by atoms with Gasteiger partial charge < -0.3 is 5.32 Å². The standard InChI is InChI=1S/C16H26ClN3S/c1-6-21-12-8-7-11(9-12)18-14-10(2)13(17)19-15(20-14)16(3,4)5/h11-12H,6-9H2,1-5H3,(H,18,19,20). The summed E-state index contributed by atoms with van der Waals surface area (Å²) in [6.45, 7) is 10.6. The lowest BCUT2D eigenvalue weighted by Crippen LogP contribution is -2.22. The number of anilines is 1. The van der Waals surface area contributed by atoms with Crippen LogP contribution in [0.5, 0.6) is 0 Å². The Hall–Kier alpha value is -0.480. The van der Waals surface area contributed by atoms with Gasteiger partial charge in [-0.3, -0.25) is 0 Å². The highest BCUT2D eigenvalue weighted by molar-refractivity contribution is 7.99. The van der Waals surface area contributed by atoms with E-state index < -0.39 is 0 Å². The lowest BCUT2D eigenvalue weighted by molar-refractivity contribution is 0.544. The second-order valence-corrected chi connectivity index (χ2v) is 8.73. The van der Waals surface area contributed by atoms with Crippen molar-refractivity contribution < 1.29 is 0 Å². The van der Waals surface area contributed by atoms with Crippen molar-refractivity contribution >= 4 is 29.2 Å². The Morgan fingerprint density at radius 2 is 2.00 bits per heavy atom. The van der Waals surface area contributed by atoms with E-state index in [0.717, 1.165) is 22.5 Å². The quantitative estimate of drug-likeness (QED) is 0.804. The van der Waals surface area contributed by atoms with Crippen molar-refractivity contribution in [1.29, 1.82) is 0 Å². The third kappa shape index (κ3) is 4.26. The largest absolute Gasteiger partial charge is 0.367 e. The van der Waals surface area contributed by atoms with Gasteiger partial charge in [0, 0.05) is 22.3 Å². The summed E-state index contributed by atoms with van der Waals surface area (Å²) in [7, 11) is 0. The number of nitrogens with one attached hydrogen (secondary N) is 1. The van der Waals surface area contributed by atoms with Crippen LogP contribution in [-0.2, 0) is 5.41 Å². The molecule has 1 aromatic rings. The van der Waals surface area contributed by atoms with Crippen molar-refractivity contribution in [2.24, 2.45) is 0 Å². The smallest absolute Gasteiger partial charge is 0.137 e. The molecule has 0 aliphatic heterocycles. The molecular weight excluding hydrogens is 302 g/mol. The molecule has 0 aromatic carbocycles. The van der Waals surface area contributed by atoms with Gasteiger partial charge in [-0.1, -0.05) is 39.3 Å². The van der Waals surface area contributed by atoms with Crippen LogP contribution in [0.25, 0.3) is 0 Å². The van der Waals surface area contributed by atoms with E-state index in [0.29, 0.717) is 11.2 Å². The average Bonchev–Trinajstić information content (AvgIpc) is 2.81. The summed E-state index contributed by atoms with van der Waals surface area (Å²) in [5.41, 5.74) is 0.862. The van der Waals surface area contributed by atoms with E-state index in [1.807, 2.05) is 6.92 Å². The second-order valence-electron chi connectivity index (χ2n) is 6.79. The van der Waals surface area contributed by atoms with Gasteiger partial charge in [0.2, 0.25) is 0 Å². The van der Waals surface area contributed by atoms with Crippen molar-refractivity contribution in [2.45, 2.75) is 70.6 Å². The van der Waals surface area contributed by atoms with E-state index >= 15 is 0 Å². The monoisotopic (exact) mass is 327 g/mol. The minimum absolute atomic E-state index is 0.0932. The fourth-order valence-electron chi connectivity index (χ4n) is 2.62. The minimum atomic E-state index is -0.0932. The molecule has 1 aliphatic rings. The second kappa shape index (κ2) is 6.74. The van der Waals surface area contributed by atoms with Gasteiger partial charge in [-0.25, -0.2) is 9.97 Å². The van der Waals surface area contributed by atoms with Crippen molar-refractivity contribution in [3.63, 3.8) is 0 Å². The van der Waals surface area contributed by atoms with E-state index in [2.05, 4.69) is 49.8 Å². The van der Waals surface area contributed by atoms with Crippen LogP contribution in [-0.4, -0.2) is 27.0 Å². The molecule has 1 fully saturated rings. The van der Waals surface area contributed by atoms with Crippen LogP contribution >= 0.6 is 23.4 Å². The molecule has 1 saturated carbocycles. The number of hydrogen-bond acceptors (Lipinski definition) is 4. The zero-order valence-electron chi connectivity index (χ0n) is 13.7. The van der Waals surface area contributed by atoms with Crippen LogP contribution in [0.1, 0.15) is 58.3 Å². The molecule has 0 amide bonds. The van der Waals surface area contributed by atoms with E-state index in [9.17, 15) is 0 Å². The molecule has 0 bridgehead atoms. The van der Waals surface area contributed by atoms with E-state index in [1.165, 1.54) is 25.0 Å². The number of halogens is 1. The molecule has 1 heterocycles. The highest BCUT2D eigenvalue weighted by Gasteiger charge is 2.26. The Labute approximate surface area is 137 Å². The zero-order chi connectivity index (χ0) is 15.6. The molecule has 0 spiro atoms. The summed E-state index contributed by atoms with van der Waals surface area (Å²) < 4.78 is 0. The number of nitrogens with zero attached hydrogens (tertiary/aromatic N) is 2. The SMILES string of the molecule is CCSC1CCC(Nc2nc(C(C)(C)C)nc(Cl)c2C)C1. The van der Waals surface area contributed by atoms with Gasteiger partial charge in [0.25, 0.3) is 0 Å². The molecule has 1 N–H and O–H groups in total. The lowest BCUT2D eigenvalue weighted by atomic mass is 9.95. The summed E-state index contributed by atoms with van der Waals surface area (Å²) in [6, 6.07) is 0.506. The third-order valence-electron chi connectivity index (χ3n) is 3.88. The summed E-state index contributed by atoms with van der Waals surface area (Å²) in [4.78, 5) is 9.16. The van der Waals surface area contributed by atoms with E-state index in [1.54, 1.807) is 0 Å². The van der Waals surface area contributed by atoms with E-state index in [-0.39, 0.29) is 5.41 Å². The first kappa shape index (κ1) is 16.9. The average molecular weight is 328 g/mol. The van der Waals surface area contributed by atoms with E-state index in [4.69, 9.17) is 16.6 Å². The lowest BCUT2D eigenvalue weighted by Gasteiger charge is -2.21. The Morgan fingerprint density at radius 1 is 1.29 bits per heavy atom. The number of rotatable bonds is 4. The summed E-state index contributed by atoms with van der Waals surface area (Å²) in [5.74, 6) is 2.91. The first-order chi connectivity index (χ1) is 9.81. The van der Waals surface area contributed by atoms with Crippen LogP contribution in [0.2, 0.25) is 5.15 Å². The predicted octanol–water partition coefficient (Wildman–Crippen LogP) is 4.82. The first-order valence-electron chi connectivity index (χ1n) is 7.74. The maximum absolute atomic E-state index is 6.29. The molecule has 1 aromatic heterocycles. The molecule has 0 radical (unpaired) electrons. The Balaban J connectivity index is 2.15. The van der Waals surface area contributed by atoms with Gasteiger partial charge in [0.1, 0.15) is 16.8 Å². The van der Waals surface area contributed by atoms with Crippen molar-refractivity contribution in [1.82, 2.24) is 9.97 Å². The topological polar surface area (TPSA) is 37.8 Å². The van der Waals surface area contributed by atoms with Crippen LogP contribution in [0.15, 0.2) is 0 Å². The number of aromatic nitrogens is 2. The molecule has 2 rings (SSSR count). The van der Waals surface area contributed by atoms with Gasteiger partial charge >= 0.3 is 0 Å². The Bertz CT molecular complexity index is 499. The zero-order valence-corrected chi connectivity index (χ0v) is 15.2. The van der Waals surface area contributed by atoms with Gasteiger partial charge in [0.15, 0.2) is 0 Å². The third-order valence-corrected chi connectivity index (χ3v) is 5.49. The summed E-state index contributed by atoms with van der Waals surface area (Å²) >= 11 is 8.36. The van der Waals surface area contributed by atoms with Gasteiger partial charge in [-0.2, -0.15) is 11.8 Å². The Morgan fingerprint density at radius 3 is 2.62 bits per heavy atom. The Kier molecular flexibility index (Phi) is 5.42. The molecule has 5 heteroatoms.